The van der Waals surface area contributed by atoms with Crippen LogP contribution in [0.15, 0.2) is 0 Å². The highest BCUT2D eigenvalue weighted by Gasteiger charge is 2.07. The average Bonchev–Trinajstić information content (AvgIpc) is 2.02. The van der Waals surface area contributed by atoms with Gasteiger partial charge in [0.25, 0.3) is 6.47 Å². The molecule has 5 nitrogen and oxygen atoms in total. The van der Waals surface area contributed by atoms with Crippen LogP contribution in [0.5, 0.6) is 0 Å². The van der Waals surface area contributed by atoms with E-state index >= 15 is 0 Å². The highest BCUT2D eigenvalue weighted by atomic mass is 16.5. The van der Waals surface area contributed by atoms with E-state index in [1.165, 1.54) is 6.92 Å². The molecule has 0 aliphatic rings. The summed E-state index contributed by atoms with van der Waals surface area (Å²) in [5, 5.41) is 5.55. The lowest BCUT2D eigenvalue weighted by Gasteiger charge is -2.14. The third-order valence-corrected chi connectivity index (χ3v) is 1.15. The molecule has 0 rings (SSSR count). The first kappa shape index (κ1) is 16.3. The molecule has 15 heavy (non-hydrogen) atoms. The Hall–Kier alpha value is -1.10. The molecule has 0 fully saturated rings. The number of ether oxygens (including phenoxy) is 1. The third kappa shape index (κ3) is 24.6. The number of hydrogen-bond acceptors (Lipinski definition) is 4. The maximum Gasteiger partial charge on any atom is 0.293 e. The number of nitrogens with one attached hydrogen (secondary N) is 2. The molecule has 0 spiro atoms. The van der Waals surface area contributed by atoms with Crippen molar-refractivity contribution in [2.45, 2.75) is 33.3 Å². The van der Waals surface area contributed by atoms with Gasteiger partial charge >= 0.3 is 0 Å². The molecule has 0 aromatic heterocycles. The van der Waals surface area contributed by atoms with Gasteiger partial charge in [-0.1, -0.05) is 0 Å². The van der Waals surface area contributed by atoms with E-state index in [4.69, 9.17) is 0 Å². The van der Waals surface area contributed by atoms with Gasteiger partial charge in [0.05, 0.1) is 0 Å². The van der Waals surface area contributed by atoms with Crippen molar-refractivity contribution in [3.63, 3.8) is 0 Å². The van der Waals surface area contributed by atoms with Crippen molar-refractivity contribution in [1.29, 1.82) is 0 Å². The van der Waals surface area contributed by atoms with Crippen molar-refractivity contribution in [2.75, 3.05) is 20.1 Å². The zero-order valence-corrected chi connectivity index (χ0v) is 10.2. The summed E-state index contributed by atoms with van der Waals surface area (Å²) in [5.74, 6) is 0.0280. The zero-order chi connectivity index (χ0) is 12.3. The van der Waals surface area contributed by atoms with Gasteiger partial charge in [-0.2, -0.15) is 0 Å². The second kappa shape index (κ2) is 9.45. The standard InChI is InChI=1S/C5H12N2O.C5H10O2/c1-5(8)7-4-3-6-2;1-5(2,3)7-4-6/h6H,3-4H2,1-2H3,(H,7,8);4H,1-3H3. The maximum absolute atomic E-state index is 10.2. The van der Waals surface area contributed by atoms with Gasteiger partial charge in [-0.3, -0.25) is 9.59 Å². The van der Waals surface area contributed by atoms with Gasteiger partial charge in [0.15, 0.2) is 0 Å². The molecule has 0 heterocycles. The zero-order valence-electron chi connectivity index (χ0n) is 10.2. The lowest BCUT2D eigenvalue weighted by Crippen LogP contribution is -2.28. The largest absolute Gasteiger partial charge is 0.462 e. The monoisotopic (exact) mass is 218 g/mol. The minimum Gasteiger partial charge on any atom is -0.462 e. The van der Waals surface area contributed by atoms with Gasteiger partial charge in [-0.25, -0.2) is 0 Å². The van der Waals surface area contributed by atoms with E-state index < -0.39 is 0 Å². The highest BCUT2D eigenvalue weighted by Crippen LogP contribution is 2.02. The molecule has 90 valence electrons. The smallest absolute Gasteiger partial charge is 0.293 e. The number of hydrogen-bond donors (Lipinski definition) is 2. The number of likely N-dealkylation sites (N-methyl/N-ethyl adjacent to an activating group) is 1. The van der Waals surface area contributed by atoms with Gasteiger partial charge < -0.3 is 15.4 Å². The molecule has 0 unspecified atom stereocenters. The van der Waals surface area contributed by atoms with Gasteiger partial charge in [-0.05, 0) is 27.8 Å². The molecule has 0 atom stereocenters. The first-order valence-corrected chi connectivity index (χ1v) is 4.84. The second-order valence-corrected chi connectivity index (χ2v) is 3.91. The van der Waals surface area contributed by atoms with Crippen LogP contribution in [0.4, 0.5) is 0 Å². The Morgan fingerprint density at radius 1 is 1.33 bits per heavy atom. The Morgan fingerprint density at radius 2 is 1.87 bits per heavy atom. The van der Waals surface area contributed by atoms with E-state index in [-0.39, 0.29) is 11.5 Å². The summed E-state index contributed by atoms with van der Waals surface area (Å²) < 4.78 is 4.55. The average molecular weight is 218 g/mol. The van der Waals surface area contributed by atoms with Crippen molar-refractivity contribution in [3.05, 3.63) is 0 Å². The minimum absolute atomic E-state index is 0.0280. The van der Waals surface area contributed by atoms with Gasteiger partial charge in [0.2, 0.25) is 5.91 Å². The fourth-order valence-electron chi connectivity index (χ4n) is 0.508. The van der Waals surface area contributed by atoms with Crippen LogP contribution in [0.2, 0.25) is 0 Å². The van der Waals surface area contributed by atoms with E-state index in [2.05, 4.69) is 15.4 Å². The van der Waals surface area contributed by atoms with Gasteiger partial charge in [-0.15, -0.1) is 0 Å². The fourth-order valence-corrected chi connectivity index (χ4v) is 0.508. The second-order valence-electron chi connectivity index (χ2n) is 3.91. The maximum atomic E-state index is 10.2. The summed E-state index contributed by atoms with van der Waals surface area (Å²) in [6, 6.07) is 0. The SMILES string of the molecule is CC(C)(C)OC=O.CNCCNC(C)=O. The normalized spacial score (nSPS) is 9.67. The van der Waals surface area contributed by atoms with E-state index in [0.29, 0.717) is 13.0 Å². The first-order valence-electron chi connectivity index (χ1n) is 4.84. The molecule has 0 saturated heterocycles. The molecule has 0 aliphatic heterocycles. The van der Waals surface area contributed by atoms with Crippen LogP contribution >= 0.6 is 0 Å². The summed E-state index contributed by atoms with van der Waals surface area (Å²) in [7, 11) is 1.85. The van der Waals surface area contributed by atoms with E-state index in [1.807, 2.05) is 27.8 Å². The Morgan fingerprint density at radius 3 is 2.07 bits per heavy atom. The third-order valence-electron chi connectivity index (χ3n) is 1.15. The van der Waals surface area contributed by atoms with Gasteiger partial charge in [0, 0.05) is 20.0 Å². The minimum atomic E-state index is -0.318. The van der Waals surface area contributed by atoms with Crippen molar-refractivity contribution in [2.24, 2.45) is 0 Å². The fraction of sp³-hybridized carbons (Fsp3) is 0.800. The molecule has 1 amide bonds. The Bertz CT molecular complexity index is 176. The highest BCUT2D eigenvalue weighted by molar-refractivity contribution is 5.72. The van der Waals surface area contributed by atoms with Crippen molar-refractivity contribution >= 4 is 12.4 Å². The summed E-state index contributed by atoms with van der Waals surface area (Å²) >= 11 is 0. The molecule has 2 N–H and O–H groups in total. The molecular formula is C10H22N2O3. The van der Waals surface area contributed by atoms with E-state index in [0.717, 1.165) is 6.54 Å². The van der Waals surface area contributed by atoms with Crippen molar-refractivity contribution in [1.82, 2.24) is 10.6 Å². The van der Waals surface area contributed by atoms with Crippen LogP contribution in [0.3, 0.4) is 0 Å². The number of carbonyl (C=O) groups is 2. The van der Waals surface area contributed by atoms with Crippen molar-refractivity contribution < 1.29 is 14.3 Å². The number of rotatable bonds is 4. The molecule has 0 bridgehead atoms. The predicted molar refractivity (Wildman–Crippen MR) is 59.5 cm³/mol. The molecular weight excluding hydrogens is 196 g/mol. The lowest BCUT2D eigenvalue weighted by atomic mass is 10.2. The van der Waals surface area contributed by atoms with E-state index in [9.17, 15) is 9.59 Å². The van der Waals surface area contributed by atoms with Crippen LogP contribution in [0.1, 0.15) is 27.7 Å². The van der Waals surface area contributed by atoms with Crippen molar-refractivity contribution in [3.8, 4) is 0 Å². The molecule has 5 heteroatoms. The summed E-state index contributed by atoms with van der Waals surface area (Å²) in [4.78, 5) is 19.8. The summed E-state index contributed by atoms with van der Waals surface area (Å²) in [5.41, 5.74) is -0.318. The number of amides is 1. The predicted octanol–water partition coefficient (Wildman–Crippen LogP) is 0.300. The quantitative estimate of drug-likeness (QED) is 0.526. The van der Waals surface area contributed by atoms with Gasteiger partial charge in [0.1, 0.15) is 5.60 Å². The molecule has 0 aromatic carbocycles. The summed E-state index contributed by atoms with van der Waals surface area (Å²) in [6.07, 6.45) is 0. The van der Waals surface area contributed by atoms with Crippen LogP contribution in [-0.2, 0) is 14.3 Å². The molecule has 0 radical (unpaired) electrons. The first-order chi connectivity index (χ1) is 6.83. The van der Waals surface area contributed by atoms with Crippen LogP contribution in [0.25, 0.3) is 0 Å². The van der Waals surface area contributed by atoms with Crippen LogP contribution < -0.4 is 10.6 Å². The summed E-state index contributed by atoms with van der Waals surface area (Å²) in [6.45, 7) is 8.98. The Labute approximate surface area is 91.6 Å². The Balaban J connectivity index is 0. The van der Waals surface area contributed by atoms with Crippen LogP contribution in [-0.4, -0.2) is 38.1 Å². The molecule has 0 aliphatic carbocycles. The van der Waals surface area contributed by atoms with Crippen LogP contribution in [0, 0.1) is 0 Å². The topological polar surface area (TPSA) is 67.4 Å². The van der Waals surface area contributed by atoms with E-state index in [1.54, 1.807) is 0 Å². The lowest BCUT2D eigenvalue weighted by molar-refractivity contribution is -0.138. The molecule has 0 aromatic rings. The number of carbonyl (C=O) groups excluding carboxylic acids is 2. The molecule has 0 saturated carbocycles. The Kier molecular flexibility index (Phi) is 10.3.